The van der Waals surface area contributed by atoms with Gasteiger partial charge in [0.05, 0.1) is 11.3 Å². The van der Waals surface area contributed by atoms with E-state index in [1.807, 2.05) is 47.3 Å². The smallest absolute Gasteiger partial charge is 0.260 e. The van der Waals surface area contributed by atoms with E-state index in [0.29, 0.717) is 29.9 Å². The van der Waals surface area contributed by atoms with E-state index < -0.39 is 6.17 Å². The van der Waals surface area contributed by atoms with Gasteiger partial charge in [-0.2, -0.15) is 0 Å². The molecule has 0 unspecified atom stereocenters. The molecule has 3 heterocycles. The van der Waals surface area contributed by atoms with Gasteiger partial charge in [0.15, 0.2) is 0 Å². The van der Waals surface area contributed by atoms with Gasteiger partial charge in [-0.1, -0.05) is 30.3 Å². The van der Waals surface area contributed by atoms with Crippen molar-refractivity contribution in [2.24, 2.45) is 0 Å². The minimum absolute atomic E-state index is 0.123. The molecule has 0 bridgehead atoms. The number of nitrogens with one attached hydrogen (secondary N) is 1. The molecule has 1 N–H and O–H groups in total. The Bertz CT molecular complexity index is 1140. The van der Waals surface area contributed by atoms with Crippen molar-refractivity contribution < 1.29 is 14.4 Å². The first-order valence-corrected chi connectivity index (χ1v) is 9.85. The summed E-state index contributed by atoms with van der Waals surface area (Å²) in [5.41, 5.74) is 2.31. The summed E-state index contributed by atoms with van der Waals surface area (Å²) >= 11 is 0. The maximum atomic E-state index is 13.3. The van der Waals surface area contributed by atoms with Crippen LogP contribution < -0.4 is 10.2 Å². The summed E-state index contributed by atoms with van der Waals surface area (Å²) in [7, 11) is 0. The van der Waals surface area contributed by atoms with Crippen LogP contribution in [-0.4, -0.2) is 40.3 Å². The molecule has 3 aromatic rings. The van der Waals surface area contributed by atoms with Crippen molar-refractivity contribution in [1.29, 1.82) is 0 Å². The second kappa shape index (κ2) is 7.18. The van der Waals surface area contributed by atoms with E-state index in [-0.39, 0.29) is 24.3 Å². The van der Waals surface area contributed by atoms with E-state index in [2.05, 4.69) is 5.32 Å². The van der Waals surface area contributed by atoms with Gasteiger partial charge in [0.25, 0.3) is 11.8 Å². The summed E-state index contributed by atoms with van der Waals surface area (Å²) < 4.78 is 1.97. The molecule has 2 aromatic carbocycles. The van der Waals surface area contributed by atoms with Crippen LogP contribution in [0.15, 0.2) is 73.1 Å². The van der Waals surface area contributed by atoms with Crippen molar-refractivity contribution in [3.63, 3.8) is 0 Å². The Kier molecular flexibility index (Phi) is 4.35. The summed E-state index contributed by atoms with van der Waals surface area (Å²) in [4.78, 5) is 42.2. The van der Waals surface area contributed by atoms with Gasteiger partial charge in [-0.25, -0.2) is 0 Å². The second-order valence-electron chi connectivity index (χ2n) is 7.36. The molecule has 30 heavy (non-hydrogen) atoms. The predicted molar refractivity (Wildman–Crippen MR) is 111 cm³/mol. The number of hydrogen-bond donors (Lipinski definition) is 1. The quantitative estimate of drug-likeness (QED) is 0.715. The van der Waals surface area contributed by atoms with E-state index in [1.165, 1.54) is 4.90 Å². The fraction of sp³-hybridized carbons (Fsp3) is 0.174. The van der Waals surface area contributed by atoms with Crippen molar-refractivity contribution in [3.05, 3.63) is 89.7 Å². The maximum Gasteiger partial charge on any atom is 0.260 e. The molecule has 0 saturated heterocycles. The van der Waals surface area contributed by atoms with Gasteiger partial charge in [0, 0.05) is 36.6 Å². The van der Waals surface area contributed by atoms with Gasteiger partial charge in [-0.3, -0.25) is 19.3 Å². The first kappa shape index (κ1) is 18.2. The number of benzene rings is 2. The number of para-hydroxylation sites is 1. The Morgan fingerprint density at radius 1 is 0.867 bits per heavy atom. The fourth-order valence-corrected chi connectivity index (χ4v) is 4.19. The van der Waals surface area contributed by atoms with Crippen molar-refractivity contribution in [2.45, 2.75) is 12.7 Å². The fourth-order valence-electron chi connectivity index (χ4n) is 4.19. The van der Waals surface area contributed by atoms with Crippen LogP contribution >= 0.6 is 0 Å². The number of fused-ring (bicyclic) bond motifs is 5. The monoisotopic (exact) mass is 400 g/mol. The Hall–Kier alpha value is -3.87. The number of carbonyl (C=O) groups excluding carboxylic acids is 3. The molecule has 0 radical (unpaired) electrons. The normalized spacial score (nSPS) is 16.9. The molecule has 0 saturated carbocycles. The van der Waals surface area contributed by atoms with Crippen LogP contribution in [0.1, 0.15) is 32.4 Å². The van der Waals surface area contributed by atoms with Crippen LogP contribution in [0.5, 0.6) is 0 Å². The molecule has 0 spiro atoms. The van der Waals surface area contributed by atoms with Gasteiger partial charge in [0.2, 0.25) is 5.91 Å². The van der Waals surface area contributed by atoms with Gasteiger partial charge in [-0.15, -0.1) is 0 Å². The first-order chi connectivity index (χ1) is 14.6. The molecule has 1 aromatic heterocycles. The zero-order valence-corrected chi connectivity index (χ0v) is 16.2. The topological polar surface area (TPSA) is 74.7 Å². The molecular weight excluding hydrogens is 380 g/mol. The second-order valence-corrected chi connectivity index (χ2v) is 7.36. The van der Waals surface area contributed by atoms with Crippen LogP contribution in [-0.2, 0) is 11.3 Å². The molecule has 5 rings (SSSR count). The summed E-state index contributed by atoms with van der Waals surface area (Å²) in [6, 6.07) is 18.2. The summed E-state index contributed by atoms with van der Waals surface area (Å²) in [6.07, 6.45) is 3.23. The maximum absolute atomic E-state index is 13.3. The number of rotatable bonds is 5. The Morgan fingerprint density at radius 2 is 1.57 bits per heavy atom. The highest BCUT2D eigenvalue weighted by atomic mass is 16.2. The van der Waals surface area contributed by atoms with Crippen molar-refractivity contribution in [1.82, 2.24) is 14.8 Å². The van der Waals surface area contributed by atoms with E-state index >= 15 is 0 Å². The minimum atomic E-state index is -0.619. The third kappa shape index (κ3) is 2.86. The molecule has 150 valence electrons. The van der Waals surface area contributed by atoms with Crippen LogP contribution in [0.3, 0.4) is 0 Å². The summed E-state index contributed by atoms with van der Waals surface area (Å²) in [5, 5.41) is 2.87. The summed E-state index contributed by atoms with van der Waals surface area (Å²) in [6.45, 7) is 0.976. The molecule has 7 heteroatoms. The van der Waals surface area contributed by atoms with Gasteiger partial charge < -0.3 is 14.8 Å². The highest BCUT2D eigenvalue weighted by molar-refractivity contribution is 6.17. The van der Waals surface area contributed by atoms with Gasteiger partial charge >= 0.3 is 0 Å². The Balaban J connectivity index is 1.43. The van der Waals surface area contributed by atoms with E-state index in [1.54, 1.807) is 35.2 Å². The third-order valence-corrected chi connectivity index (χ3v) is 5.56. The average molecular weight is 400 g/mol. The molecule has 0 fully saturated rings. The highest BCUT2D eigenvalue weighted by Gasteiger charge is 2.47. The van der Waals surface area contributed by atoms with Crippen molar-refractivity contribution in [3.8, 4) is 0 Å². The van der Waals surface area contributed by atoms with E-state index in [9.17, 15) is 14.4 Å². The number of anilines is 1. The third-order valence-electron chi connectivity index (χ3n) is 5.56. The SMILES string of the molecule is O=C(CN1C(=O)c2ccccc2N2C(=O)c3ccccc3[C@H]12)NCCn1cccc1. The Morgan fingerprint density at radius 3 is 2.37 bits per heavy atom. The zero-order chi connectivity index (χ0) is 20.7. The zero-order valence-electron chi connectivity index (χ0n) is 16.2. The lowest BCUT2D eigenvalue weighted by molar-refractivity contribution is -0.122. The number of carbonyl (C=O) groups is 3. The van der Waals surface area contributed by atoms with E-state index in [4.69, 9.17) is 0 Å². The van der Waals surface area contributed by atoms with E-state index in [0.717, 1.165) is 5.56 Å². The number of nitrogens with zero attached hydrogens (tertiary/aromatic N) is 3. The predicted octanol–water partition coefficient (Wildman–Crippen LogP) is 2.42. The van der Waals surface area contributed by atoms with Crippen LogP contribution in [0, 0.1) is 0 Å². The largest absolute Gasteiger partial charge is 0.353 e. The van der Waals surface area contributed by atoms with Gasteiger partial charge in [-0.05, 0) is 30.3 Å². The molecule has 1 atom stereocenters. The number of aromatic nitrogens is 1. The number of hydrogen-bond acceptors (Lipinski definition) is 3. The lowest BCUT2D eigenvalue weighted by Crippen LogP contribution is -2.51. The van der Waals surface area contributed by atoms with Crippen LogP contribution in [0.2, 0.25) is 0 Å². The molecule has 0 aliphatic carbocycles. The lowest BCUT2D eigenvalue weighted by Gasteiger charge is -2.40. The van der Waals surface area contributed by atoms with Gasteiger partial charge in [0.1, 0.15) is 12.7 Å². The molecule has 3 amide bonds. The molecule has 2 aliphatic heterocycles. The first-order valence-electron chi connectivity index (χ1n) is 9.85. The van der Waals surface area contributed by atoms with Crippen molar-refractivity contribution in [2.75, 3.05) is 18.0 Å². The van der Waals surface area contributed by atoms with Crippen LogP contribution in [0.4, 0.5) is 5.69 Å². The standard InChI is InChI=1S/C23H20N4O3/c28-20(24-11-14-25-12-5-6-13-25)15-26-21-16-7-1-2-8-17(16)23(30)27(21)19-10-4-3-9-18(19)22(26)29/h1-10,12-13,21H,11,14-15H2,(H,24,28)/t21-/m1/s1. The minimum Gasteiger partial charge on any atom is -0.353 e. The number of amides is 3. The van der Waals surface area contributed by atoms with Crippen LogP contribution in [0.25, 0.3) is 0 Å². The summed E-state index contributed by atoms with van der Waals surface area (Å²) in [5.74, 6) is -0.669. The van der Waals surface area contributed by atoms with Crippen molar-refractivity contribution >= 4 is 23.4 Å². The highest BCUT2D eigenvalue weighted by Crippen LogP contribution is 2.44. The lowest BCUT2D eigenvalue weighted by atomic mass is 10.0. The molecular formula is C23H20N4O3. The molecule has 2 aliphatic rings. The molecule has 7 nitrogen and oxygen atoms in total. The average Bonchev–Trinajstić information content (AvgIpc) is 3.38. The Labute approximate surface area is 173 Å².